The SMILES string of the molecule is CN(C)CCC1CCN(N2CCCCC2)CC1. The van der Waals surface area contributed by atoms with Crippen molar-refractivity contribution in [2.45, 2.75) is 38.5 Å². The second kappa shape index (κ2) is 6.72. The Hall–Kier alpha value is -0.120. The van der Waals surface area contributed by atoms with Gasteiger partial charge in [0.05, 0.1) is 0 Å². The van der Waals surface area contributed by atoms with E-state index < -0.39 is 0 Å². The molecular formula is C14H29N3. The van der Waals surface area contributed by atoms with Crippen molar-refractivity contribution in [3.63, 3.8) is 0 Å². The molecule has 100 valence electrons. The lowest BCUT2D eigenvalue weighted by atomic mass is 9.94. The summed E-state index contributed by atoms with van der Waals surface area (Å²) in [5.41, 5.74) is 0. The van der Waals surface area contributed by atoms with E-state index in [4.69, 9.17) is 0 Å². The molecule has 3 heteroatoms. The minimum absolute atomic E-state index is 0.971. The number of hydrogen-bond acceptors (Lipinski definition) is 3. The first-order valence-electron chi connectivity index (χ1n) is 7.40. The first-order valence-corrected chi connectivity index (χ1v) is 7.40. The molecule has 17 heavy (non-hydrogen) atoms. The van der Waals surface area contributed by atoms with Crippen LogP contribution in [-0.2, 0) is 0 Å². The van der Waals surface area contributed by atoms with E-state index in [9.17, 15) is 0 Å². The molecule has 2 aliphatic rings. The van der Waals surface area contributed by atoms with E-state index in [2.05, 4.69) is 29.0 Å². The third-order valence-corrected chi connectivity index (χ3v) is 4.31. The molecule has 0 N–H and O–H groups in total. The van der Waals surface area contributed by atoms with Gasteiger partial charge in [0.25, 0.3) is 0 Å². The zero-order valence-corrected chi connectivity index (χ0v) is 11.7. The van der Waals surface area contributed by atoms with Gasteiger partial charge in [0.1, 0.15) is 0 Å². The summed E-state index contributed by atoms with van der Waals surface area (Å²) in [5, 5.41) is 5.25. The van der Waals surface area contributed by atoms with Gasteiger partial charge in [-0.25, -0.2) is 10.0 Å². The summed E-state index contributed by atoms with van der Waals surface area (Å²) >= 11 is 0. The predicted molar refractivity (Wildman–Crippen MR) is 72.9 cm³/mol. The van der Waals surface area contributed by atoms with Crippen LogP contribution in [0.15, 0.2) is 0 Å². The quantitative estimate of drug-likeness (QED) is 0.743. The molecule has 0 aromatic rings. The molecule has 2 fully saturated rings. The fourth-order valence-corrected chi connectivity index (χ4v) is 3.09. The van der Waals surface area contributed by atoms with Gasteiger partial charge in [-0.15, -0.1) is 0 Å². The molecule has 0 amide bonds. The Morgan fingerprint density at radius 2 is 1.47 bits per heavy atom. The Morgan fingerprint density at radius 1 is 0.882 bits per heavy atom. The Bertz CT molecular complexity index is 204. The molecule has 0 aliphatic carbocycles. The minimum atomic E-state index is 0.971. The van der Waals surface area contributed by atoms with Gasteiger partial charge in [0.2, 0.25) is 0 Å². The van der Waals surface area contributed by atoms with Gasteiger partial charge in [-0.3, -0.25) is 0 Å². The van der Waals surface area contributed by atoms with Gasteiger partial charge in [-0.05, 0) is 58.7 Å². The molecule has 0 aromatic heterocycles. The van der Waals surface area contributed by atoms with E-state index in [0.29, 0.717) is 0 Å². The number of hydrogen-bond donors (Lipinski definition) is 0. The Balaban J connectivity index is 1.66. The molecule has 0 spiro atoms. The van der Waals surface area contributed by atoms with Crippen LogP contribution in [0.4, 0.5) is 0 Å². The molecule has 0 atom stereocenters. The van der Waals surface area contributed by atoms with Crippen LogP contribution in [0.2, 0.25) is 0 Å². The van der Waals surface area contributed by atoms with Crippen LogP contribution in [-0.4, -0.2) is 61.7 Å². The maximum absolute atomic E-state index is 2.63. The van der Waals surface area contributed by atoms with E-state index in [1.54, 1.807) is 0 Å². The van der Waals surface area contributed by atoms with Gasteiger partial charge in [-0.1, -0.05) is 6.42 Å². The minimum Gasteiger partial charge on any atom is -0.309 e. The van der Waals surface area contributed by atoms with Crippen molar-refractivity contribution in [1.29, 1.82) is 0 Å². The fourth-order valence-electron chi connectivity index (χ4n) is 3.09. The first-order chi connectivity index (χ1) is 8.25. The predicted octanol–water partition coefficient (Wildman–Crippen LogP) is 2.05. The topological polar surface area (TPSA) is 9.72 Å². The van der Waals surface area contributed by atoms with Crippen molar-refractivity contribution in [2.24, 2.45) is 5.92 Å². The van der Waals surface area contributed by atoms with Crippen LogP contribution in [0.25, 0.3) is 0 Å². The highest BCUT2D eigenvalue weighted by molar-refractivity contribution is 4.73. The highest BCUT2D eigenvalue weighted by atomic mass is 15.6. The largest absolute Gasteiger partial charge is 0.309 e. The van der Waals surface area contributed by atoms with Crippen molar-refractivity contribution in [3.05, 3.63) is 0 Å². The molecule has 0 bridgehead atoms. The standard InChI is InChI=1S/C14H29N3/c1-15(2)11-6-14-7-12-17(13-8-14)16-9-4-3-5-10-16/h14H,3-13H2,1-2H3. The second-order valence-corrected chi connectivity index (χ2v) is 6.00. The van der Waals surface area contributed by atoms with Gasteiger partial charge < -0.3 is 4.90 Å². The highest BCUT2D eigenvalue weighted by Crippen LogP contribution is 2.23. The van der Waals surface area contributed by atoms with E-state index in [1.807, 2.05) is 0 Å². The Kier molecular flexibility index (Phi) is 5.26. The van der Waals surface area contributed by atoms with E-state index in [-0.39, 0.29) is 0 Å². The Morgan fingerprint density at radius 3 is 2.06 bits per heavy atom. The van der Waals surface area contributed by atoms with Crippen LogP contribution in [0.3, 0.4) is 0 Å². The van der Waals surface area contributed by atoms with Crippen LogP contribution < -0.4 is 0 Å². The molecule has 2 aliphatic heterocycles. The summed E-state index contributed by atoms with van der Waals surface area (Å²) in [6.45, 7) is 6.48. The van der Waals surface area contributed by atoms with Gasteiger partial charge in [0.15, 0.2) is 0 Å². The van der Waals surface area contributed by atoms with Gasteiger partial charge in [-0.2, -0.15) is 0 Å². The zero-order chi connectivity index (χ0) is 12.1. The van der Waals surface area contributed by atoms with Crippen molar-refractivity contribution in [2.75, 3.05) is 46.8 Å². The van der Waals surface area contributed by atoms with Crippen molar-refractivity contribution >= 4 is 0 Å². The molecule has 0 saturated carbocycles. The molecule has 2 saturated heterocycles. The first kappa shape index (κ1) is 13.3. The van der Waals surface area contributed by atoms with E-state index in [0.717, 1.165) is 5.92 Å². The summed E-state index contributed by atoms with van der Waals surface area (Å²) in [6.07, 6.45) is 8.45. The average molecular weight is 239 g/mol. The summed E-state index contributed by atoms with van der Waals surface area (Å²) in [4.78, 5) is 2.32. The normalized spacial score (nSPS) is 25.6. The van der Waals surface area contributed by atoms with Crippen molar-refractivity contribution in [3.8, 4) is 0 Å². The summed E-state index contributed by atoms with van der Waals surface area (Å²) in [5.74, 6) is 0.971. The highest BCUT2D eigenvalue weighted by Gasteiger charge is 2.24. The maximum atomic E-state index is 2.63. The number of rotatable bonds is 4. The monoisotopic (exact) mass is 239 g/mol. The number of piperidine rings is 2. The maximum Gasteiger partial charge on any atom is 0.0136 e. The van der Waals surface area contributed by atoms with E-state index in [1.165, 1.54) is 71.2 Å². The Labute approximate surface area is 107 Å². The molecule has 3 nitrogen and oxygen atoms in total. The van der Waals surface area contributed by atoms with Crippen LogP contribution >= 0.6 is 0 Å². The number of hydrazine groups is 1. The van der Waals surface area contributed by atoms with Crippen LogP contribution in [0.5, 0.6) is 0 Å². The van der Waals surface area contributed by atoms with E-state index >= 15 is 0 Å². The molecular weight excluding hydrogens is 210 g/mol. The lowest BCUT2D eigenvalue weighted by molar-refractivity contribution is -0.0619. The van der Waals surface area contributed by atoms with Gasteiger partial charge >= 0.3 is 0 Å². The lowest BCUT2D eigenvalue weighted by Crippen LogP contribution is -2.49. The molecule has 0 aromatic carbocycles. The summed E-state index contributed by atoms with van der Waals surface area (Å²) in [7, 11) is 4.37. The van der Waals surface area contributed by atoms with Crippen LogP contribution in [0.1, 0.15) is 38.5 Å². The second-order valence-electron chi connectivity index (χ2n) is 6.00. The summed E-state index contributed by atoms with van der Waals surface area (Å²) in [6, 6.07) is 0. The van der Waals surface area contributed by atoms with Gasteiger partial charge in [0, 0.05) is 26.2 Å². The molecule has 2 rings (SSSR count). The fraction of sp³-hybridized carbons (Fsp3) is 1.00. The van der Waals surface area contributed by atoms with Crippen molar-refractivity contribution in [1.82, 2.24) is 14.9 Å². The third kappa shape index (κ3) is 4.23. The van der Waals surface area contributed by atoms with Crippen molar-refractivity contribution < 1.29 is 0 Å². The molecule has 0 radical (unpaired) electrons. The number of nitrogens with zero attached hydrogens (tertiary/aromatic N) is 3. The third-order valence-electron chi connectivity index (χ3n) is 4.31. The smallest absolute Gasteiger partial charge is 0.0136 e. The summed E-state index contributed by atoms with van der Waals surface area (Å²) < 4.78 is 0. The lowest BCUT2D eigenvalue weighted by Gasteiger charge is -2.41. The van der Waals surface area contributed by atoms with Crippen LogP contribution in [0, 0.1) is 5.92 Å². The average Bonchev–Trinajstić information content (AvgIpc) is 2.38. The molecule has 0 unspecified atom stereocenters. The zero-order valence-electron chi connectivity index (χ0n) is 11.7. The molecule has 2 heterocycles.